The Balaban J connectivity index is 2.38. The second-order valence-electron chi connectivity index (χ2n) is 3.40. The number of ether oxygens (including phenoxy) is 1. The molecule has 2 N–H and O–H groups in total. The smallest absolute Gasteiger partial charge is 0.329 e. The van der Waals surface area contributed by atoms with Gasteiger partial charge in [0.25, 0.3) is 0 Å². The molecule has 0 heterocycles. The monoisotopic (exact) mass is 319 g/mol. The highest BCUT2D eigenvalue weighted by molar-refractivity contribution is 9.10. The molecule has 1 rings (SSSR count). The topological polar surface area (TPSA) is 75.6 Å². The van der Waals surface area contributed by atoms with Crippen molar-refractivity contribution in [1.82, 2.24) is 5.32 Å². The number of amides is 1. The van der Waals surface area contributed by atoms with Gasteiger partial charge in [-0.25, -0.2) is 9.18 Å². The maximum Gasteiger partial charge on any atom is 0.329 e. The first-order chi connectivity index (χ1) is 8.49. The summed E-state index contributed by atoms with van der Waals surface area (Å²) in [6, 6.07) is 4.13. The average molecular weight is 320 g/mol. The molecule has 0 aromatic heterocycles. The third kappa shape index (κ3) is 5.24. The minimum absolute atomic E-state index is 0.133. The molecule has 0 unspecified atom stereocenters. The molecule has 0 atom stereocenters. The molecule has 0 radical (unpaired) electrons. The van der Waals surface area contributed by atoms with Gasteiger partial charge in [0.15, 0.2) is 0 Å². The molecule has 5 nitrogen and oxygen atoms in total. The first-order valence-electron chi connectivity index (χ1n) is 4.99. The van der Waals surface area contributed by atoms with Crippen LogP contribution in [0.2, 0.25) is 0 Å². The fraction of sp³-hybridized carbons (Fsp3) is 0.273. The maximum absolute atomic E-state index is 12.9. The standard InChI is InChI=1S/C11H11BrFNO4/c12-9-2-1-8(13)3-7(9)4-14-10(15)5-18-6-11(16)17/h1-3H,4-6H2,(H,14,15)(H,16,17). The van der Waals surface area contributed by atoms with Gasteiger partial charge in [-0.2, -0.15) is 0 Å². The van der Waals surface area contributed by atoms with Crippen molar-refractivity contribution in [2.24, 2.45) is 0 Å². The van der Waals surface area contributed by atoms with Crippen LogP contribution in [0.4, 0.5) is 4.39 Å². The summed E-state index contributed by atoms with van der Waals surface area (Å²) in [5.41, 5.74) is 0.585. The Morgan fingerprint density at radius 3 is 2.78 bits per heavy atom. The van der Waals surface area contributed by atoms with Crippen molar-refractivity contribution in [3.8, 4) is 0 Å². The predicted octanol–water partition coefficient (Wildman–Crippen LogP) is 1.31. The zero-order chi connectivity index (χ0) is 13.5. The van der Waals surface area contributed by atoms with Crippen LogP contribution in [0.25, 0.3) is 0 Å². The number of hydrogen-bond acceptors (Lipinski definition) is 3. The van der Waals surface area contributed by atoms with Crippen LogP contribution in [0.1, 0.15) is 5.56 Å². The van der Waals surface area contributed by atoms with Crippen LogP contribution in [0.15, 0.2) is 22.7 Å². The summed E-state index contributed by atoms with van der Waals surface area (Å²) < 4.78 is 18.2. The highest BCUT2D eigenvalue weighted by atomic mass is 79.9. The van der Waals surface area contributed by atoms with Crippen molar-refractivity contribution < 1.29 is 23.8 Å². The van der Waals surface area contributed by atoms with Crippen LogP contribution in [-0.4, -0.2) is 30.2 Å². The van der Waals surface area contributed by atoms with Gasteiger partial charge < -0.3 is 15.2 Å². The molecule has 0 saturated carbocycles. The Morgan fingerprint density at radius 2 is 2.11 bits per heavy atom. The van der Waals surface area contributed by atoms with Crippen molar-refractivity contribution in [3.05, 3.63) is 34.1 Å². The van der Waals surface area contributed by atoms with E-state index in [0.29, 0.717) is 10.0 Å². The predicted molar refractivity (Wildman–Crippen MR) is 64.4 cm³/mol. The fourth-order valence-corrected chi connectivity index (χ4v) is 1.54. The van der Waals surface area contributed by atoms with E-state index in [2.05, 4.69) is 26.0 Å². The van der Waals surface area contributed by atoms with E-state index in [1.165, 1.54) is 18.2 Å². The largest absolute Gasteiger partial charge is 0.480 e. The van der Waals surface area contributed by atoms with Gasteiger partial charge in [0.2, 0.25) is 5.91 Å². The van der Waals surface area contributed by atoms with E-state index in [4.69, 9.17) is 5.11 Å². The van der Waals surface area contributed by atoms with Crippen LogP contribution in [0.3, 0.4) is 0 Å². The van der Waals surface area contributed by atoms with Crippen LogP contribution in [0, 0.1) is 5.82 Å². The van der Waals surface area contributed by atoms with Gasteiger partial charge in [-0.05, 0) is 23.8 Å². The summed E-state index contributed by atoms with van der Waals surface area (Å²) in [5, 5.41) is 10.8. The Labute approximate surface area is 111 Å². The highest BCUT2D eigenvalue weighted by Gasteiger charge is 2.06. The molecule has 0 aliphatic heterocycles. The van der Waals surface area contributed by atoms with E-state index < -0.39 is 24.3 Å². The maximum atomic E-state index is 12.9. The molecule has 0 saturated heterocycles. The molecule has 7 heteroatoms. The fourth-order valence-electron chi connectivity index (χ4n) is 1.15. The van der Waals surface area contributed by atoms with E-state index >= 15 is 0 Å². The van der Waals surface area contributed by atoms with Crippen molar-refractivity contribution in [2.45, 2.75) is 6.54 Å². The number of rotatable bonds is 6. The Hall–Kier alpha value is -1.47. The van der Waals surface area contributed by atoms with Crippen molar-refractivity contribution in [1.29, 1.82) is 0 Å². The summed E-state index contributed by atoms with van der Waals surface area (Å²) >= 11 is 3.23. The number of benzene rings is 1. The number of halogens is 2. The van der Waals surface area contributed by atoms with Gasteiger partial charge in [0.1, 0.15) is 19.0 Å². The van der Waals surface area contributed by atoms with Gasteiger partial charge in [0, 0.05) is 11.0 Å². The van der Waals surface area contributed by atoms with Crippen LogP contribution in [-0.2, 0) is 20.9 Å². The molecule has 1 aromatic rings. The third-order valence-electron chi connectivity index (χ3n) is 1.94. The number of carbonyl (C=O) groups is 2. The molecular formula is C11H11BrFNO4. The van der Waals surface area contributed by atoms with Gasteiger partial charge in [-0.15, -0.1) is 0 Å². The molecule has 0 fully saturated rings. The van der Waals surface area contributed by atoms with Gasteiger partial charge >= 0.3 is 5.97 Å². The minimum atomic E-state index is -1.14. The Kier molecular flexibility index (Phi) is 5.73. The van der Waals surface area contributed by atoms with Gasteiger partial charge in [-0.3, -0.25) is 4.79 Å². The van der Waals surface area contributed by atoms with Crippen LogP contribution < -0.4 is 5.32 Å². The minimum Gasteiger partial charge on any atom is -0.480 e. The number of aliphatic carboxylic acids is 1. The summed E-state index contributed by atoms with van der Waals surface area (Å²) in [4.78, 5) is 21.4. The number of carboxylic acid groups (broad SMARTS) is 1. The van der Waals surface area contributed by atoms with Crippen LogP contribution in [0.5, 0.6) is 0 Å². The zero-order valence-electron chi connectivity index (χ0n) is 9.28. The second-order valence-corrected chi connectivity index (χ2v) is 4.25. The SMILES string of the molecule is O=C(O)COCC(=O)NCc1cc(F)ccc1Br. The third-order valence-corrected chi connectivity index (χ3v) is 2.72. The Bertz CT molecular complexity index is 453. The molecule has 98 valence electrons. The second kappa shape index (κ2) is 7.07. The summed E-state index contributed by atoms with van der Waals surface area (Å²) in [5.74, 6) is -2.01. The van der Waals surface area contributed by atoms with Crippen molar-refractivity contribution >= 4 is 27.8 Å². The molecule has 0 aliphatic carbocycles. The summed E-state index contributed by atoms with van der Waals surface area (Å²) in [6.07, 6.45) is 0. The van der Waals surface area contributed by atoms with Crippen molar-refractivity contribution in [2.75, 3.05) is 13.2 Å². The van der Waals surface area contributed by atoms with Crippen molar-refractivity contribution in [3.63, 3.8) is 0 Å². The van der Waals surface area contributed by atoms with Crippen LogP contribution >= 0.6 is 15.9 Å². The number of carbonyl (C=O) groups excluding carboxylic acids is 1. The molecule has 0 spiro atoms. The summed E-state index contributed by atoms with van der Waals surface area (Å²) in [6.45, 7) is -0.746. The zero-order valence-corrected chi connectivity index (χ0v) is 10.9. The molecule has 18 heavy (non-hydrogen) atoms. The summed E-state index contributed by atoms with van der Waals surface area (Å²) in [7, 11) is 0. The lowest BCUT2D eigenvalue weighted by molar-refractivity contribution is -0.143. The van der Waals surface area contributed by atoms with E-state index in [0.717, 1.165) is 0 Å². The van der Waals surface area contributed by atoms with Gasteiger partial charge in [0.05, 0.1) is 0 Å². The molecule has 1 amide bonds. The number of nitrogens with one attached hydrogen (secondary N) is 1. The highest BCUT2D eigenvalue weighted by Crippen LogP contribution is 2.17. The lowest BCUT2D eigenvalue weighted by atomic mass is 10.2. The Morgan fingerprint density at radius 1 is 1.39 bits per heavy atom. The normalized spacial score (nSPS) is 10.1. The lowest BCUT2D eigenvalue weighted by Gasteiger charge is -2.07. The molecule has 0 aliphatic rings. The first-order valence-corrected chi connectivity index (χ1v) is 5.78. The van der Waals surface area contributed by atoms with E-state index in [-0.39, 0.29) is 13.2 Å². The molecule has 1 aromatic carbocycles. The molecule has 0 bridgehead atoms. The number of hydrogen-bond donors (Lipinski definition) is 2. The first kappa shape index (κ1) is 14.6. The van der Waals surface area contributed by atoms with E-state index in [9.17, 15) is 14.0 Å². The van der Waals surface area contributed by atoms with Gasteiger partial charge in [-0.1, -0.05) is 15.9 Å². The number of carboxylic acids is 1. The lowest BCUT2D eigenvalue weighted by Crippen LogP contribution is -2.28. The van der Waals surface area contributed by atoms with E-state index in [1.807, 2.05) is 0 Å². The quantitative estimate of drug-likeness (QED) is 0.829. The van der Waals surface area contributed by atoms with E-state index in [1.54, 1.807) is 0 Å². The average Bonchev–Trinajstić information content (AvgIpc) is 2.30. The molecular weight excluding hydrogens is 309 g/mol.